The summed E-state index contributed by atoms with van der Waals surface area (Å²) in [5, 5.41) is 8.74. The van der Waals surface area contributed by atoms with Crippen molar-refractivity contribution < 1.29 is 9.90 Å². The number of amides is 1. The third-order valence-corrected chi connectivity index (χ3v) is 3.50. The molecular weight excluding hydrogens is 250 g/mol. The zero-order valence-electron chi connectivity index (χ0n) is 12.7. The van der Waals surface area contributed by atoms with E-state index in [0.717, 1.165) is 17.5 Å². The summed E-state index contributed by atoms with van der Waals surface area (Å²) >= 11 is 0. The van der Waals surface area contributed by atoms with Gasteiger partial charge in [-0.1, -0.05) is 24.8 Å². The van der Waals surface area contributed by atoms with E-state index in [-0.39, 0.29) is 18.6 Å². The fourth-order valence-electron chi connectivity index (χ4n) is 2.10. The van der Waals surface area contributed by atoms with Gasteiger partial charge in [0.15, 0.2) is 0 Å². The first-order chi connectivity index (χ1) is 9.54. The topological polar surface area (TPSA) is 40.5 Å². The van der Waals surface area contributed by atoms with Crippen molar-refractivity contribution >= 4 is 5.91 Å². The van der Waals surface area contributed by atoms with Gasteiger partial charge in [-0.25, -0.2) is 0 Å². The monoisotopic (exact) mass is 273 g/mol. The van der Waals surface area contributed by atoms with Crippen LogP contribution in [-0.4, -0.2) is 35.1 Å². The second kappa shape index (κ2) is 7.72. The number of hydrogen-bond donors (Lipinski definition) is 1. The molecule has 0 aliphatic heterocycles. The minimum Gasteiger partial charge on any atom is -0.384 e. The molecule has 0 aliphatic carbocycles. The minimum atomic E-state index is -0.175. The van der Waals surface area contributed by atoms with Crippen LogP contribution in [0.5, 0.6) is 0 Å². The van der Waals surface area contributed by atoms with Gasteiger partial charge in [0.05, 0.1) is 0 Å². The van der Waals surface area contributed by atoms with Crippen LogP contribution < -0.4 is 0 Å². The van der Waals surface area contributed by atoms with E-state index in [4.69, 9.17) is 5.11 Å². The molecule has 0 spiro atoms. The molecule has 1 N–H and O–H groups in total. The number of aliphatic hydroxyl groups excluding tert-OH is 1. The van der Waals surface area contributed by atoms with Gasteiger partial charge in [-0.05, 0) is 44.9 Å². The smallest absolute Gasteiger partial charge is 0.254 e. The Morgan fingerprint density at radius 3 is 2.65 bits per heavy atom. The van der Waals surface area contributed by atoms with Crippen LogP contribution in [0.1, 0.15) is 48.7 Å². The highest BCUT2D eigenvalue weighted by molar-refractivity contribution is 5.96. The van der Waals surface area contributed by atoms with E-state index in [1.807, 2.05) is 36.9 Å². The second-order valence-electron chi connectivity index (χ2n) is 4.84. The number of carbonyl (C=O) groups is 1. The lowest BCUT2D eigenvalue weighted by Gasteiger charge is -2.28. The average Bonchev–Trinajstić information content (AvgIpc) is 2.46. The third kappa shape index (κ3) is 3.85. The van der Waals surface area contributed by atoms with Crippen molar-refractivity contribution in [1.29, 1.82) is 0 Å². The summed E-state index contributed by atoms with van der Waals surface area (Å²) in [4.78, 5) is 14.5. The third-order valence-electron chi connectivity index (χ3n) is 3.50. The van der Waals surface area contributed by atoms with Crippen molar-refractivity contribution in [1.82, 2.24) is 4.90 Å². The summed E-state index contributed by atoms with van der Waals surface area (Å²) in [6.07, 6.45) is 0.933. The van der Waals surface area contributed by atoms with Crippen molar-refractivity contribution in [2.75, 3.05) is 13.2 Å². The number of hydrogen-bond acceptors (Lipinski definition) is 2. The first kappa shape index (κ1) is 16.3. The largest absolute Gasteiger partial charge is 0.384 e. The van der Waals surface area contributed by atoms with Crippen LogP contribution >= 0.6 is 0 Å². The Balaban J connectivity index is 3.13. The van der Waals surface area contributed by atoms with E-state index in [0.29, 0.717) is 12.1 Å². The Labute approximate surface area is 121 Å². The zero-order valence-corrected chi connectivity index (χ0v) is 12.7. The Kier molecular flexibility index (Phi) is 6.27. The highest BCUT2D eigenvalue weighted by atomic mass is 16.2. The van der Waals surface area contributed by atoms with E-state index in [1.54, 1.807) is 0 Å². The Morgan fingerprint density at radius 1 is 1.40 bits per heavy atom. The van der Waals surface area contributed by atoms with Gasteiger partial charge in [0.1, 0.15) is 6.61 Å². The van der Waals surface area contributed by atoms with Crippen LogP contribution in [0.25, 0.3) is 0 Å². The molecule has 0 fully saturated rings. The van der Waals surface area contributed by atoms with Crippen molar-refractivity contribution in [3.8, 4) is 11.8 Å². The molecule has 1 atom stereocenters. The molecule has 1 amide bonds. The van der Waals surface area contributed by atoms with Gasteiger partial charge >= 0.3 is 0 Å². The van der Waals surface area contributed by atoms with Crippen molar-refractivity contribution in [3.63, 3.8) is 0 Å². The molecule has 0 saturated heterocycles. The predicted molar refractivity (Wildman–Crippen MR) is 81.6 cm³/mol. The average molecular weight is 273 g/mol. The van der Waals surface area contributed by atoms with Crippen LogP contribution in [0.2, 0.25) is 0 Å². The molecule has 1 rings (SSSR count). The van der Waals surface area contributed by atoms with Gasteiger partial charge in [0.25, 0.3) is 5.91 Å². The van der Waals surface area contributed by atoms with Gasteiger partial charge in [0.2, 0.25) is 0 Å². The summed E-state index contributed by atoms with van der Waals surface area (Å²) < 4.78 is 0. The number of aliphatic hydroxyl groups is 1. The zero-order chi connectivity index (χ0) is 15.1. The molecule has 0 heterocycles. The molecule has 108 valence electrons. The van der Waals surface area contributed by atoms with Crippen LogP contribution in [-0.2, 0) is 0 Å². The van der Waals surface area contributed by atoms with E-state index in [9.17, 15) is 4.79 Å². The van der Waals surface area contributed by atoms with E-state index >= 15 is 0 Å². The highest BCUT2D eigenvalue weighted by Gasteiger charge is 2.20. The highest BCUT2D eigenvalue weighted by Crippen LogP contribution is 2.16. The van der Waals surface area contributed by atoms with E-state index < -0.39 is 0 Å². The summed E-state index contributed by atoms with van der Waals surface area (Å²) in [5.41, 5.74) is 2.40. The SMILES string of the molecule is CCC(C)N(CC)C(=O)c1cc(C#CCO)ccc1C. The normalized spacial score (nSPS) is 11.4. The minimum absolute atomic E-state index is 0.0481. The fraction of sp³-hybridized carbons (Fsp3) is 0.471. The maximum absolute atomic E-state index is 12.7. The van der Waals surface area contributed by atoms with Gasteiger partial charge in [-0.15, -0.1) is 0 Å². The standard InChI is InChI=1S/C17H23NO2/c1-5-14(4)18(6-2)17(20)16-12-15(8-7-11-19)10-9-13(16)3/h9-10,12,14,19H,5-6,11H2,1-4H3. The molecule has 0 radical (unpaired) electrons. The van der Waals surface area contributed by atoms with Crippen LogP contribution in [0.3, 0.4) is 0 Å². The van der Waals surface area contributed by atoms with Gasteiger partial charge < -0.3 is 10.0 Å². The molecule has 0 bridgehead atoms. The second-order valence-corrected chi connectivity index (χ2v) is 4.84. The molecule has 0 aromatic heterocycles. The van der Waals surface area contributed by atoms with Crippen LogP contribution in [0.4, 0.5) is 0 Å². The summed E-state index contributed by atoms with van der Waals surface area (Å²) in [5.74, 6) is 5.50. The number of benzene rings is 1. The molecule has 3 heteroatoms. The van der Waals surface area contributed by atoms with E-state index in [2.05, 4.69) is 25.7 Å². The molecule has 20 heavy (non-hydrogen) atoms. The van der Waals surface area contributed by atoms with E-state index in [1.165, 1.54) is 0 Å². The molecule has 3 nitrogen and oxygen atoms in total. The number of nitrogens with zero attached hydrogens (tertiary/aromatic N) is 1. The molecule has 1 aromatic carbocycles. The van der Waals surface area contributed by atoms with Gasteiger partial charge in [-0.3, -0.25) is 4.79 Å². The summed E-state index contributed by atoms with van der Waals surface area (Å²) in [6, 6.07) is 5.80. The molecular formula is C17H23NO2. The molecule has 0 saturated carbocycles. The lowest BCUT2D eigenvalue weighted by Crippen LogP contribution is -2.38. The first-order valence-electron chi connectivity index (χ1n) is 7.06. The predicted octanol–water partition coefficient (Wildman–Crippen LogP) is 2.60. The van der Waals surface area contributed by atoms with Crippen LogP contribution in [0.15, 0.2) is 18.2 Å². The lowest BCUT2D eigenvalue weighted by atomic mass is 10.0. The molecule has 1 aromatic rings. The Hall–Kier alpha value is -1.79. The Bertz CT molecular complexity index is 526. The maximum Gasteiger partial charge on any atom is 0.254 e. The van der Waals surface area contributed by atoms with Crippen molar-refractivity contribution in [2.45, 2.75) is 40.2 Å². The summed E-state index contributed by atoms with van der Waals surface area (Å²) in [6.45, 7) is 8.59. The lowest BCUT2D eigenvalue weighted by molar-refractivity contribution is 0.0699. The van der Waals surface area contributed by atoms with Crippen molar-refractivity contribution in [3.05, 3.63) is 34.9 Å². The summed E-state index contributed by atoms with van der Waals surface area (Å²) in [7, 11) is 0. The van der Waals surface area contributed by atoms with Crippen molar-refractivity contribution in [2.24, 2.45) is 0 Å². The molecule has 0 aliphatic rings. The molecule has 1 unspecified atom stereocenters. The van der Waals surface area contributed by atoms with Gasteiger partial charge in [-0.2, -0.15) is 0 Å². The van der Waals surface area contributed by atoms with Gasteiger partial charge in [0, 0.05) is 23.7 Å². The first-order valence-corrected chi connectivity index (χ1v) is 7.06. The van der Waals surface area contributed by atoms with Crippen LogP contribution in [0, 0.1) is 18.8 Å². The fourth-order valence-corrected chi connectivity index (χ4v) is 2.10. The number of carbonyl (C=O) groups excluding carboxylic acids is 1. The number of aryl methyl sites for hydroxylation is 1. The number of rotatable bonds is 4. The Morgan fingerprint density at radius 2 is 2.10 bits per heavy atom. The maximum atomic E-state index is 12.7. The quantitative estimate of drug-likeness (QED) is 0.857.